The maximum absolute atomic E-state index is 12.2. The SMILES string of the molecule is CNC1CCN(c2cc(NC(=O)C3CCC(C)O3)ccn2)C1=O. The zero-order valence-corrected chi connectivity index (χ0v) is 13.4. The van der Waals surface area contributed by atoms with E-state index < -0.39 is 6.10 Å². The highest BCUT2D eigenvalue weighted by Gasteiger charge is 2.32. The Bertz CT molecular complexity index is 607. The van der Waals surface area contributed by atoms with Crippen LogP contribution in [-0.2, 0) is 14.3 Å². The molecule has 3 heterocycles. The summed E-state index contributed by atoms with van der Waals surface area (Å²) in [6.07, 6.45) is 3.71. The molecule has 1 aromatic heterocycles. The van der Waals surface area contributed by atoms with Crippen LogP contribution in [0.25, 0.3) is 0 Å². The lowest BCUT2D eigenvalue weighted by molar-refractivity contribution is -0.126. The van der Waals surface area contributed by atoms with Crippen LogP contribution in [-0.4, -0.2) is 48.6 Å². The van der Waals surface area contributed by atoms with Crippen LogP contribution >= 0.6 is 0 Å². The Morgan fingerprint density at radius 2 is 2.22 bits per heavy atom. The number of hydrogen-bond donors (Lipinski definition) is 2. The third-order valence-corrected chi connectivity index (χ3v) is 4.37. The first kappa shape index (κ1) is 15.9. The monoisotopic (exact) mass is 318 g/mol. The number of aromatic nitrogens is 1. The van der Waals surface area contributed by atoms with Crippen molar-refractivity contribution in [3.8, 4) is 0 Å². The number of nitrogens with zero attached hydrogens (tertiary/aromatic N) is 2. The quantitative estimate of drug-likeness (QED) is 0.862. The van der Waals surface area contributed by atoms with Crippen LogP contribution in [0.2, 0.25) is 0 Å². The first-order valence-electron chi connectivity index (χ1n) is 7.99. The van der Waals surface area contributed by atoms with E-state index in [1.54, 1.807) is 30.3 Å². The van der Waals surface area contributed by atoms with Crippen molar-refractivity contribution < 1.29 is 14.3 Å². The van der Waals surface area contributed by atoms with Gasteiger partial charge in [-0.3, -0.25) is 14.5 Å². The third-order valence-electron chi connectivity index (χ3n) is 4.37. The summed E-state index contributed by atoms with van der Waals surface area (Å²) in [7, 11) is 1.78. The minimum Gasteiger partial charge on any atom is -0.365 e. The smallest absolute Gasteiger partial charge is 0.253 e. The summed E-state index contributed by atoms with van der Waals surface area (Å²) in [5.41, 5.74) is 0.629. The highest BCUT2D eigenvalue weighted by molar-refractivity contribution is 5.99. The Labute approximate surface area is 135 Å². The number of anilines is 2. The zero-order chi connectivity index (χ0) is 16.4. The molecule has 0 spiro atoms. The van der Waals surface area contributed by atoms with Gasteiger partial charge in [-0.15, -0.1) is 0 Å². The summed E-state index contributed by atoms with van der Waals surface area (Å²) >= 11 is 0. The average Bonchev–Trinajstić information content (AvgIpc) is 3.13. The molecule has 7 heteroatoms. The van der Waals surface area contributed by atoms with Gasteiger partial charge in [-0.1, -0.05) is 0 Å². The van der Waals surface area contributed by atoms with Crippen LogP contribution in [0.1, 0.15) is 26.2 Å². The number of pyridine rings is 1. The molecule has 2 aliphatic rings. The van der Waals surface area contributed by atoms with Gasteiger partial charge in [-0.05, 0) is 39.3 Å². The van der Waals surface area contributed by atoms with E-state index in [2.05, 4.69) is 15.6 Å². The molecule has 2 N–H and O–H groups in total. The van der Waals surface area contributed by atoms with Crippen molar-refractivity contribution in [1.82, 2.24) is 10.3 Å². The van der Waals surface area contributed by atoms with Crippen LogP contribution in [0.3, 0.4) is 0 Å². The highest BCUT2D eigenvalue weighted by Crippen LogP contribution is 2.24. The zero-order valence-electron chi connectivity index (χ0n) is 13.4. The van der Waals surface area contributed by atoms with Gasteiger partial charge in [0.15, 0.2) is 0 Å². The summed E-state index contributed by atoms with van der Waals surface area (Å²) in [6.45, 7) is 2.59. The van der Waals surface area contributed by atoms with Gasteiger partial charge in [-0.2, -0.15) is 0 Å². The molecule has 124 valence electrons. The first-order valence-corrected chi connectivity index (χ1v) is 7.99. The molecule has 7 nitrogen and oxygen atoms in total. The van der Waals surface area contributed by atoms with E-state index in [1.807, 2.05) is 6.92 Å². The van der Waals surface area contributed by atoms with E-state index in [9.17, 15) is 9.59 Å². The predicted octanol–water partition coefficient (Wildman–Crippen LogP) is 0.912. The lowest BCUT2D eigenvalue weighted by Gasteiger charge is -2.17. The van der Waals surface area contributed by atoms with Gasteiger partial charge in [0.2, 0.25) is 5.91 Å². The van der Waals surface area contributed by atoms with Gasteiger partial charge in [0.25, 0.3) is 5.91 Å². The lowest BCUT2D eigenvalue weighted by atomic mass is 10.2. The molecule has 2 saturated heterocycles. The van der Waals surface area contributed by atoms with Crippen LogP contribution in [0, 0.1) is 0 Å². The second-order valence-electron chi connectivity index (χ2n) is 6.02. The summed E-state index contributed by atoms with van der Waals surface area (Å²) in [6, 6.07) is 3.28. The molecule has 3 rings (SSSR count). The maximum Gasteiger partial charge on any atom is 0.253 e. The Kier molecular flexibility index (Phi) is 4.58. The van der Waals surface area contributed by atoms with E-state index in [-0.39, 0.29) is 24.0 Å². The molecular formula is C16H22N4O3. The number of carbonyl (C=O) groups excluding carboxylic acids is 2. The topological polar surface area (TPSA) is 83.6 Å². The Morgan fingerprint density at radius 3 is 2.87 bits per heavy atom. The fraction of sp³-hybridized carbons (Fsp3) is 0.562. The molecule has 3 unspecified atom stereocenters. The molecular weight excluding hydrogens is 296 g/mol. The minimum atomic E-state index is -0.399. The fourth-order valence-corrected chi connectivity index (χ4v) is 3.04. The number of hydrogen-bond acceptors (Lipinski definition) is 5. The number of carbonyl (C=O) groups is 2. The van der Waals surface area contributed by atoms with Crippen molar-refractivity contribution in [2.75, 3.05) is 23.8 Å². The van der Waals surface area contributed by atoms with E-state index in [1.165, 1.54) is 0 Å². The second-order valence-corrected chi connectivity index (χ2v) is 6.02. The molecule has 0 aliphatic carbocycles. The predicted molar refractivity (Wildman–Crippen MR) is 86.3 cm³/mol. The summed E-state index contributed by atoms with van der Waals surface area (Å²) < 4.78 is 5.57. The van der Waals surface area contributed by atoms with Crippen LogP contribution < -0.4 is 15.5 Å². The molecule has 23 heavy (non-hydrogen) atoms. The molecule has 3 atom stereocenters. The lowest BCUT2D eigenvalue weighted by Crippen LogP contribution is -2.36. The van der Waals surface area contributed by atoms with E-state index >= 15 is 0 Å². The first-order chi connectivity index (χ1) is 11.1. The van der Waals surface area contributed by atoms with Crippen LogP contribution in [0.4, 0.5) is 11.5 Å². The van der Waals surface area contributed by atoms with Gasteiger partial charge < -0.3 is 15.4 Å². The molecule has 0 saturated carbocycles. The maximum atomic E-state index is 12.2. The Hall–Kier alpha value is -1.99. The van der Waals surface area contributed by atoms with Crippen molar-refractivity contribution >= 4 is 23.3 Å². The summed E-state index contributed by atoms with van der Waals surface area (Å²) in [5.74, 6) is 0.426. The van der Waals surface area contributed by atoms with Crippen LogP contribution in [0.5, 0.6) is 0 Å². The van der Waals surface area contributed by atoms with Gasteiger partial charge >= 0.3 is 0 Å². The molecule has 2 fully saturated rings. The van der Waals surface area contributed by atoms with Gasteiger partial charge in [0.1, 0.15) is 11.9 Å². The van der Waals surface area contributed by atoms with Crippen molar-refractivity contribution in [3.63, 3.8) is 0 Å². The van der Waals surface area contributed by atoms with E-state index in [4.69, 9.17) is 4.74 Å². The molecule has 0 radical (unpaired) electrons. The molecule has 2 aliphatic heterocycles. The Morgan fingerprint density at radius 1 is 1.39 bits per heavy atom. The molecule has 0 aromatic carbocycles. The number of amides is 2. The van der Waals surface area contributed by atoms with Crippen molar-refractivity contribution in [1.29, 1.82) is 0 Å². The normalized spacial score (nSPS) is 27.5. The van der Waals surface area contributed by atoms with Gasteiger partial charge in [-0.25, -0.2) is 4.98 Å². The second kappa shape index (κ2) is 6.64. The molecule has 0 bridgehead atoms. The number of ether oxygens (including phenoxy) is 1. The third kappa shape index (κ3) is 3.35. The van der Waals surface area contributed by atoms with Crippen molar-refractivity contribution in [3.05, 3.63) is 18.3 Å². The average molecular weight is 318 g/mol. The van der Waals surface area contributed by atoms with E-state index in [0.29, 0.717) is 18.1 Å². The van der Waals surface area contributed by atoms with E-state index in [0.717, 1.165) is 19.3 Å². The number of nitrogens with one attached hydrogen (secondary N) is 2. The summed E-state index contributed by atoms with van der Waals surface area (Å²) in [5, 5.41) is 5.85. The summed E-state index contributed by atoms with van der Waals surface area (Å²) in [4.78, 5) is 30.3. The van der Waals surface area contributed by atoms with Crippen molar-refractivity contribution in [2.24, 2.45) is 0 Å². The van der Waals surface area contributed by atoms with Crippen LogP contribution in [0.15, 0.2) is 18.3 Å². The molecule has 1 aromatic rings. The standard InChI is InChI=1S/C16H22N4O3/c1-10-3-4-13(23-10)15(21)19-11-5-7-18-14(9-11)20-8-6-12(17-2)16(20)22/h5,7,9-10,12-13,17H,3-4,6,8H2,1-2H3,(H,18,19,21). The fourth-order valence-electron chi connectivity index (χ4n) is 3.04. The largest absolute Gasteiger partial charge is 0.365 e. The Balaban J connectivity index is 1.68. The van der Waals surface area contributed by atoms with Crippen molar-refractivity contribution in [2.45, 2.75) is 44.4 Å². The highest BCUT2D eigenvalue weighted by atomic mass is 16.5. The number of likely N-dealkylation sites (N-methyl/N-ethyl adjacent to an activating group) is 1. The van der Waals surface area contributed by atoms with Gasteiger partial charge in [0, 0.05) is 24.5 Å². The number of rotatable bonds is 4. The minimum absolute atomic E-state index is 0.0106. The van der Waals surface area contributed by atoms with Gasteiger partial charge in [0.05, 0.1) is 12.1 Å². The molecule has 2 amide bonds.